The second-order valence-corrected chi connectivity index (χ2v) is 11.1. The van der Waals surface area contributed by atoms with Crippen LogP contribution in [-0.2, 0) is 20.9 Å². The molecule has 0 saturated carbocycles. The lowest BCUT2D eigenvalue weighted by Crippen LogP contribution is -2.48. The largest absolute Gasteiger partial charge is 0.463 e. The van der Waals surface area contributed by atoms with Gasteiger partial charge in [-0.3, -0.25) is 19.7 Å². The number of piperazine rings is 1. The minimum atomic E-state index is -0.524. The maximum absolute atomic E-state index is 13.5. The second kappa shape index (κ2) is 13.3. The fraction of sp³-hybridized carbons (Fsp3) is 0.303. The van der Waals surface area contributed by atoms with Gasteiger partial charge in [0.25, 0.3) is 11.6 Å². The second-order valence-electron chi connectivity index (χ2n) is 10.7. The van der Waals surface area contributed by atoms with Crippen molar-refractivity contribution in [3.63, 3.8) is 0 Å². The summed E-state index contributed by atoms with van der Waals surface area (Å²) >= 11 is 6.47. The lowest BCUT2D eigenvalue weighted by Gasteiger charge is -2.36. The predicted molar refractivity (Wildman–Crippen MR) is 166 cm³/mol. The number of benzene rings is 3. The minimum Gasteiger partial charge on any atom is -0.463 e. The zero-order valence-electron chi connectivity index (χ0n) is 24.6. The third-order valence-electron chi connectivity index (χ3n) is 8.11. The summed E-state index contributed by atoms with van der Waals surface area (Å²) in [6.07, 6.45) is 0.0624. The molecule has 2 aliphatic heterocycles. The molecule has 0 bridgehead atoms. The van der Waals surface area contributed by atoms with Crippen molar-refractivity contribution in [1.29, 1.82) is 0 Å². The average molecular weight is 617 g/mol. The van der Waals surface area contributed by atoms with E-state index in [0.717, 1.165) is 11.3 Å². The zero-order valence-corrected chi connectivity index (χ0v) is 25.3. The fourth-order valence-corrected chi connectivity index (χ4v) is 6.09. The summed E-state index contributed by atoms with van der Waals surface area (Å²) in [5, 5.41) is 11.4. The molecule has 2 heterocycles. The van der Waals surface area contributed by atoms with Gasteiger partial charge in [-0.2, -0.15) is 0 Å². The Kier molecular flexibility index (Phi) is 9.29. The maximum Gasteiger partial charge on any atom is 0.336 e. The molecule has 11 heteroatoms. The quantitative estimate of drug-likeness (QED) is 0.185. The summed E-state index contributed by atoms with van der Waals surface area (Å²) in [7, 11) is 0. The van der Waals surface area contributed by atoms with Gasteiger partial charge in [-0.05, 0) is 55.3 Å². The van der Waals surface area contributed by atoms with Gasteiger partial charge in [0.1, 0.15) is 0 Å². The highest BCUT2D eigenvalue weighted by Crippen LogP contribution is 2.40. The molecule has 0 aliphatic carbocycles. The molecule has 228 valence electrons. The maximum atomic E-state index is 13.5. The van der Waals surface area contributed by atoms with Crippen LogP contribution in [0.4, 0.5) is 11.4 Å². The van der Waals surface area contributed by atoms with Crippen LogP contribution in [-0.4, -0.2) is 65.3 Å². The Balaban J connectivity index is 1.31. The molecule has 10 nitrogen and oxygen atoms in total. The van der Waals surface area contributed by atoms with Crippen molar-refractivity contribution in [2.45, 2.75) is 32.7 Å². The van der Waals surface area contributed by atoms with E-state index >= 15 is 0 Å². The number of esters is 1. The Labute approximate surface area is 260 Å². The number of non-ortho nitro benzene ring substituents is 1. The Morgan fingerprint density at radius 2 is 1.70 bits per heavy atom. The molecular weight excluding hydrogens is 584 g/mol. The number of hydrogen-bond acceptors (Lipinski definition) is 7. The van der Waals surface area contributed by atoms with Crippen molar-refractivity contribution in [2.24, 2.45) is 0 Å². The lowest BCUT2D eigenvalue weighted by atomic mass is 9.83. The Hall–Kier alpha value is -4.70. The molecule has 1 atom stereocenters. The predicted octanol–water partition coefficient (Wildman–Crippen LogP) is 5.56. The van der Waals surface area contributed by atoms with E-state index in [1.807, 2.05) is 18.2 Å². The molecule has 0 radical (unpaired) electrons. The highest BCUT2D eigenvalue weighted by atomic mass is 35.5. The number of nitro benzene ring substituents is 1. The number of anilines is 1. The first-order valence-corrected chi connectivity index (χ1v) is 14.9. The van der Waals surface area contributed by atoms with Gasteiger partial charge in [0.05, 0.1) is 23.6 Å². The molecule has 0 N–H and O–H groups in total. The molecule has 0 aromatic heterocycles. The van der Waals surface area contributed by atoms with E-state index in [4.69, 9.17) is 16.3 Å². The van der Waals surface area contributed by atoms with Crippen molar-refractivity contribution in [1.82, 2.24) is 9.80 Å². The first-order chi connectivity index (χ1) is 21.2. The molecule has 1 saturated heterocycles. The number of nitro groups is 1. The molecule has 0 spiro atoms. The van der Waals surface area contributed by atoms with Crippen molar-refractivity contribution < 1.29 is 24.0 Å². The van der Waals surface area contributed by atoms with Gasteiger partial charge in [-0.25, -0.2) is 4.79 Å². The van der Waals surface area contributed by atoms with Crippen molar-refractivity contribution in [3.05, 3.63) is 116 Å². The first kappa shape index (κ1) is 30.7. The van der Waals surface area contributed by atoms with Crippen molar-refractivity contribution in [3.8, 4) is 0 Å². The van der Waals surface area contributed by atoms with Crippen molar-refractivity contribution in [2.75, 3.05) is 37.7 Å². The van der Waals surface area contributed by atoms with Gasteiger partial charge in [0.15, 0.2) is 0 Å². The molecule has 1 fully saturated rings. The van der Waals surface area contributed by atoms with Crippen LogP contribution in [0.5, 0.6) is 0 Å². The van der Waals surface area contributed by atoms with E-state index in [1.165, 1.54) is 12.1 Å². The normalized spacial score (nSPS) is 17.1. The van der Waals surface area contributed by atoms with Gasteiger partial charge in [0.2, 0.25) is 5.91 Å². The van der Waals surface area contributed by atoms with Crippen LogP contribution in [0.2, 0.25) is 5.02 Å². The van der Waals surface area contributed by atoms with Crippen LogP contribution in [0.3, 0.4) is 0 Å². The van der Waals surface area contributed by atoms with Crippen LogP contribution in [0.1, 0.15) is 47.7 Å². The molecule has 44 heavy (non-hydrogen) atoms. The Morgan fingerprint density at radius 3 is 2.36 bits per heavy atom. The van der Waals surface area contributed by atoms with Crippen LogP contribution < -0.4 is 4.90 Å². The number of amides is 2. The van der Waals surface area contributed by atoms with Crippen LogP contribution in [0.15, 0.2) is 84.1 Å². The topological polar surface area (TPSA) is 113 Å². The van der Waals surface area contributed by atoms with Crippen LogP contribution in [0, 0.1) is 10.1 Å². The number of allylic oxidation sites excluding steroid dienone is 1. The highest BCUT2D eigenvalue weighted by molar-refractivity contribution is 6.31. The standard InChI is InChI=1S/C33H33ClN4O6/c1-3-44-33(41)31-22(2)37(30(39)20-28(31)27-9-4-5-10-29(27)34)21-23-7-6-8-24(19-23)32(40)36-17-15-35(16-18-36)25-11-13-26(14-12-25)38(42)43/h4-14,19,28H,3,15-18,20-21H2,1-2H3. The number of nitrogens with zero attached hydrogens (tertiary/aromatic N) is 4. The van der Waals surface area contributed by atoms with Gasteiger partial charge >= 0.3 is 5.97 Å². The molecule has 3 aromatic rings. The third-order valence-corrected chi connectivity index (χ3v) is 8.45. The number of hydrogen-bond donors (Lipinski definition) is 0. The van der Waals surface area contributed by atoms with E-state index in [1.54, 1.807) is 66.1 Å². The van der Waals surface area contributed by atoms with E-state index in [0.29, 0.717) is 53.6 Å². The molecular formula is C33H33ClN4O6. The number of halogens is 1. The summed E-state index contributed by atoms with van der Waals surface area (Å²) in [4.78, 5) is 56.1. The van der Waals surface area contributed by atoms with Crippen LogP contribution >= 0.6 is 11.6 Å². The minimum absolute atomic E-state index is 0.0388. The van der Waals surface area contributed by atoms with E-state index < -0.39 is 16.8 Å². The van der Waals surface area contributed by atoms with Crippen molar-refractivity contribution >= 4 is 40.8 Å². The molecule has 2 amide bonds. The molecule has 2 aliphatic rings. The Bertz CT molecular complexity index is 1610. The van der Waals surface area contributed by atoms with Gasteiger partial charge < -0.3 is 19.4 Å². The number of carbonyl (C=O) groups is 3. The monoisotopic (exact) mass is 616 g/mol. The van der Waals surface area contributed by atoms with E-state index in [2.05, 4.69) is 4.90 Å². The lowest BCUT2D eigenvalue weighted by molar-refractivity contribution is -0.384. The summed E-state index contributed by atoms with van der Waals surface area (Å²) in [6, 6.07) is 20.8. The smallest absolute Gasteiger partial charge is 0.336 e. The first-order valence-electron chi connectivity index (χ1n) is 14.5. The number of ether oxygens (including phenoxy) is 1. The highest BCUT2D eigenvalue weighted by Gasteiger charge is 2.37. The van der Waals surface area contributed by atoms with E-state index in [9.17, 15) is 24.5 Å². The van der Waals surface area contributed by atoms with Gasteiger partial charge in [0, 0.05) is 72.6 Å². The summed E-state index contributed by atoms with van der Waals surface area (Å²) in [5.74, 6) is -1.27. The SMILES string of the molecule is CCOC(=O)C1=C(C)N(Cc2cccc(C(=O)N3CCN(c4ccc([N+](=O)[O-])cc4)CC3)c2)C(=O)CC1c1ccccc1Cl. The number of rotatable bonds is 8. The number of carbonyl (C=O) groups excluding carboxylic acids is 3. The molecule has 3 aromatic carbocycles. The average Bonchev–Trinajstić information content (AvgIpc) is 3.03. The summed E-state index contributed by atoms with van der Waals surface area (Å²) in [5.41, 5.74) is 3.78. The molecule has 5 rings (SSSR count). The summed E-state index contributed by atoms with van der Waals surface area (Å²) < 4.78 is 5.39. The van der Waals surface area contributed by atoms with Gasteiger partial charge in [-0.15, -0.1) is 0 Å². The molecule has 1 unspecified atom stereocenters. The third kappa shape index (κ3) is 6.45. The van der Waals surface area contributed by atoms with E-state index in [-0.39, 0.29) is 37.1 Å². The van der Waals surface area contributed by atoms with Gasteiger partial charge in [-0.1, -0.05) is 41.9 Å². The Morgan fingerprint density at radius 1 is 1.00 bits per heavy atom. The zero-order chi connectivity index (χ0) is 31.4. The summed E-state index contributed by atoms with van der Waals surface area (Å²) in [6.45, 7) is 6.06. The van der Waals surface area contributed by atoms with Crippen LogP contribution in [0.25, 0.3) is 0 Å². The fourth-order valence-electron chi connectivity index (χ4n) is 5.82.